The van der Waals surface area contributed by atoms with Gasteiger partial charge in [0.1, 0.15) is 6.61 Å². The molecule has 0 radical (unpaired) electrons. The van der Waals surface area contributed by atoms with E-state index in [1.807, 2.05) is 24.3 Å². The van der Waals surface area contributed by atoms with Gasteiger partial charge in [-0.2, -0.15) is 0 Å². The summed E-state index contributed by atoms with van der Waals surface area (Å²) in [6, 6.07) is 7.63. The first-order valence-corrected chi connectivity index (χ1v) is 6.22. The topological polar surface area (TPSA) is 68.9 Å². The van der Waals surface area contributed by atoms with Crippen molar-refractivity contribution in [1.29, 1.82) is 0 Å². The minimum absolute atomic E-state index is 0.0816. The molecular formula is C13H19N3O2. The molecule has 1 aromatic rings. The fraction of sp³-hybridized carbons (Fsp3) is 0.462. The minimum atomic E-state index is -0.0816. The third kappa shape index (κ3) is 3.29. The van der Waals surface area contributed by atoms with Crippen LogP contribution in [-0.4, -0.2) is 31.8 Å². The third-order valence-corrected chi connectivity index (χ3v) is 2.59. The second kappa shape index (κ2) is 6.14. The van der Waals surface area contributed by atoms with Crippen molar-refractivity contribution in [3.8, 4) is 11.5 Å². The predicted molar refractivity (Wildman–Crippen MR) is 71.1 cm³/mol. The lowest BCUT2D eigenvalue weighted by atomic mass is 10.2. The molecule has 0 fully saturated rings. The second-order valence-corrected chi connectivity index (χ2v) is 4.15. The first-order valence-electron chi connectivity index (χ1n) is 6.22. The summed E-state index contributed by atoms with van der Waals surface area (Å²) in [7, 11) is 0. The number of aliphatic imine (C=N–C) groups is 1. The lowest BCUT2D eigenvalue weighted by Gasteiger charge is -2.25. The number of rotatable bonds is 4. The number of hydrogen-bond donors (Lipinski definition) is 2. The van der Waals surface area contributed by atoms with E-state index in [-0.39, 0.29) is 6.10 Å². The Balaban J connectivity index is 1.86. The number of nitrogens with one attached hydrogen (secondary N) is 1. The van der Waals surface area contributed by atoms with E-state index in [2.05, 4.69) is 17.2 Å². The van der Waals surface area contributed by atoms with Gasteiger partial charge < -0.3 is 20.5 Å². The Bertz CT molecular complexity index is 420. The molecule has 0 amide bonds. The van der Waals surface area contributed by atoms with E-state index in [0.29, 0.717) is 19.1 Å². The van der Waals surface area contributed by atoms with Crippen molar-refractivity contribution in [2.24, 2.45) is 10.7 Å². The largest absolute Gasteiger partial charge is 0.486 e. The number of nitrogens with zero attached hydrogens (tertiary/aromatic N) is 1. The third-order valence-electron chi connectivity index (χ3n) is 2.59. The molecule has 1 aliphatic heterocycles. The summed E-state index contributed by atoms with van der Waals surface area (Å²) in [5.74, 6) is 2.01. The Morgan fingerprint density at radius 3 is 3.00 bits per heavy atom. The summed E-state index contributed by atoms with van der Waals surface area (Å²) in [5, 5.41) is 3.02. The van der Waals surface area contributed by atoms with Crippen LogP contribution in [0.15, 0.2) is 29.3 Å². The van der Waals surface area contributed by atoms with E-state index in [1.165, 1.54) is 0 Å². The Morgan fingerprint density at radius 1 is 1.44 bits per heavy atom. The fourth-order valence-corrected chi connectivity index (χ4v) is 1.66. The molecule has 0 spiro atoms. The fourth-order valence-electron chi connectivity index (χ4n) is 1.66. The van der Waals surface area contributed by atoms with Crippen molar-refractivity contribution in [3.63, 3.8) is 0 Å². The zero-order valence-electron chi connectivity index (χ0n) is 10.6. The van der Waals surface area contributed by atoms with Gasteiger partial charge in [-0.15, -0.1) is 0 Å². The SMILES string of the molecule is CCCNC(N)=NCC1COc2ccccc2O1. The quantitative estimate of drug-likeness (QED) is 0.620. The molecule has 1 atom stereocenters. The molecule has 1 heterocycles. The number of para-hydroxylation sites is 2. The molecule has 0 aliphatic carbocycles. The second-order valence-electron chi connectivity index (χ2n) is 4.15. The maximum atomic E-state index is 5.77. The van der Waals surface area contributed by atoms with Gasteiger partial charge in [-0.3, -0.25) is 0 Å². The zero-order chi connectivity index (χ0) is 12.8. The van der Waals surface area contributed by atoms with Crippen LogP contribution >= 0.6 is 0 Å². The molecule has 0 saturated carbocycles. The highest BCUT2D eigenvalue weighted by atomic mass is 16.6. The number of nitrogens with two attached hydrogens (primary N) is 1. The van der Waals surface area contributed by atoms with Gasteiger partial charge >= 0.3 is 0 Å². The molecule has 2 rings (SSSR count). The molecule has 1 aromatic carbocycles. The molecule has 5 nitrogen and oxygen atoms in total. The van der Waals surface area contributed by atoms with Gasteiger partial charge in [-0.25, -0.2) is 4.99 Å². The van der Waals surface area contributed by atoms with Crippen LogP contribution in [0.25, 0.3) is 0 Å². The van der Waals surface area contributed by atoms with E-state index in [1.54, 1.807) is 0 Å². The number of guanidine groups is 1. The zero-order valence-corrected chi connectivity index (χ0v) is 10.6. The van der Waals surface area contributed by atoms with E-state index in [0.717, 1.165) is 24.5 Å². The highest BCUT2D eigenvalue weighted by Crippen LogP contribution is 2.30. The normalized spacial score (nSPS) is 18.5. The van der Waals surface area contributed by atoms with Crippen LogP contribution in [-0.2, 0) is 0 Å². The number of benzene rings is 1. The van der Waals surface area contributed by atoms with Gasteiger partial charge in [-0.05, 0) is 18.6 Å². The summed E-state index contributed by atoms with van der Waals surface area (Å²) in [6.07, 6.45) is 0.939. The molecule has 1 unspecified atom stereocenters. The average Bonchev–Trinajstić information content (AvgIpc) is 2.42. The van der Waals surface area contributed by atoms with E-state index in [4.69, 9.17) is 15.2 Å². The van der Waals surface area contributed by atoms with Crippen molar-refractivity contribution in [2.45, 2.75) is 19.4 Å². The van der Waals surface area contributed by atoms with Crippen molar-refractivity contribution in [2.75, 3.05) is 19.7 Å². The Hall–Kier alpha value is -1.91. The minimum Gasteiger partial charge on any atom is -0.486 e. The molecule has 98 valence electrons. The summed E-state index contributed by atoms with van der Waals surface area (Å²) in [5.41, 5.74) is 5.71. The summed E-state index contributed by atoms with van der Waals surface area (Å²) in [4.78, 5) is 4.24. The van der Waals surface area contributed by atoms with Crippen molar-refractivity contribution < 1.29 is 9.47 Å². The molecule has 1 aliphatic rings. The van der Waals surface area contributed by atoms with Gasteiger partial charge in [0.2, 0.25) is 0 Å². The first-order chi connectivity index (χ1) is 8.79. The summed E-state index contributed by atoms with van der Waals surface area (Å²) < 4.78 is 11.4. The van der Waals surface area contributed by atoms with E-state index in [9.17, 15) is 0 Å². The summed E-state index contributed by atoms with van der Waals surface area (Å²) >= 11 is 0. The highest BCUT2D eigenvalue weighted by Gasteiger charge is 2.19. The van der Waals surface area contributed by atoms with Crippen LogP contribution in [0.5, 0.6) is 11.5 Å². The van der Waals surface area contributed by atoms with Crippen LogP contribution in [0, 0.1) is 0 Å². The maximum absolute atomic E-state index is 5.77. The van der Waals surface area contributed by atoms with Crippen LogP contribution in [0.1, 0.15) is 13.3 Å². The molecule has 18 heavy (non-hydrogen) atoms. The van der Waals surface area contributed by atoms with Crippen LogP contribution in [0.4, 0.5) is 0 Å². The molecule has 0 bridgehead atoms. The molecule has 3 N–H and O–H groups in total. The Kier molecular flexibility index (Phi) is 4.28. The number of ether oxygens (including phenoxy) is 2. The van der Waals surface area contributed by atoms with Gasteiger partial charge in [0.25, 0.3) is 0 Å². The van der Waals surface area contributed by atoms with Gasteiger partial charge in [0, 0.05) is 6.54 Å². The van der Waals surface area contributed by atoms with Crippen LogP contribution < -0.4 is 20.5 Å². The Morgan fingerprint density at radius 2 is 2.22 bits per heavy atom. The number of hydrogen-bond acceptors (Lipinski definition) is 3. The van der Waals surface area contributed by atoms with Gasteiger partial charge in [-0.1, -0.05) is 19.1 Å². The molecule has 0 saturated heterocycles. The average molecular weight is 249 g/mol. The van der Waals surface area contributed by atoms with Gasteiger partial charge in [0.05, 0.1) is 6.54 Å². The van der Waals surface area contributed by atoms with E-state index >= 15 is 0 Å². The van der Waals surface area contributed by atoms with Crippen LogP contribution in [0.2, 0.25) is 0 Å². The van der Waals surface area contributed by atoms with E-state index < -0.39 is 0 Å². The smallest absolute Gasteiger partial charge is 0.188 e. The lowest BCUT2D eigenvalue weighted by Crippen LogP contribution is -2.36. The van der Waals surface area contributed by atoms with Crippen LogP contribution in [0.3, 0.4) is 0 Å². The molecule has 5 heteroatoms. The highest BCUT2D eigenvalue weighted by molar-refractivity contribution is 5.77. The summed E-state index contributed by atoms with van der Waals surface area (Å²) in [6.45, 7) is 3.91. The van der Waals surface area contributed by atoms with Crippen molar-refractivity contribution in [1.82, 2.24) is 5.32 Å². The van der Waals surface area contributed by atoms with Gasteiger partial charge in [0.15, 0.2) is 23.6 Å². The standard InChI is InChI=1S/C13H19N3O2/c1-2-7-15-13(14)16-8-10-9-17-11-5-3-4-6-12(11)18-10/h3-6,10H,2,7-9H2,1H3,(H3,14,15,16). The van der Waals surface area contributed by atoms with Crippen molar-refractivity contribution in [3.05, 3.63) is 24.3 Å². The predicted octanol–water partition coefficient (Wildman–Crippen LogP) is 1.14. The monoisotopic (exact) mass is 249 g/mol. The lowest BCUT2D eigenvalue weighted by molar-refractivity contribution is 0.0972. The molecule has 0 aromatic heterocycles. The molecular weight excluding hydrogens is 230 g/mol. The Labute approximate surface area is 107 Å². The number of fused-ring (bicyclic) bond motifs is 1. The first kappa shape index (κ1) is 12.5. The van der Waals surface area contributed by atoms with Crippen molar-refractivity contribution >= 4 is 5.96 Å². The maximum Gasteiger partial charge on any atom is 0.188 e.